The molecule has 0 aromatic carbocycles. The van der Waals surface area contributed by atoms with E-state index in [9.17, 15) is 9.59 Å². The fraction of sp³-hybridized carbons (Fsp3) is 0.900. The summed E-state index contributed by atoms with van der Waals surface area (Å²) in [5, 5.41) is 3.60. The Morgan fingerprint density at radius 2 is 1.50 bits per heavy atom. The Hall–Kier alpha value is -0.900. The predicted octanol–water partition coefficient (Wildman–Crippen LogP) is 4.55. The molecular weight excluding hydrogens is 302 g/mol. The number of hydrogen-bond donors (Lipinski definition) is 1. The summed E-state index contributed by atoms with van der Waals surface area (Å²) in [6.45, 7) is 5.28. The van der Waals surface area contributed by atoms with Crippen molar-refractivity contribution in [1.82, 2.24) is 5.32 Å². The van der Waals surface area contributed by atoms with E-state index in [0.717, 1.165) is 25.7 Å². The van der Waals surface area contributed by atoms with Crippen LogP contribution in [0, 0.1) is 0 Å². The van der Waals surface area contributed by atoms with Gasteiger partial charge in [-0.1, -0.05) is 44.9 Å². The molecule has 0 aromatic heterocycles. The van der Waals surface area contributed by atoms with Crippen LogP contribution in [-0.2, 0) is 14.3 Å². The molecule has 0 saturated carbocycles. The monoisotopic (exact) mass is 339 g/mol. The lowest BCUT2D eigenvalue weighted by molar-refractivity contribution is -0.149. The fourth-order valence-electron chi connectivity index (χ4n) is 3.61. The summed E-state index contributed by atoms with van der Waals surface area (Å²) in [5.41, 5.74) is 0. The summed E-state index contributed by atoms with van der Waals surface area (Å²) in [6, 6.07) is 0.848. The van der Waals surface area contributed by atoms with Gasteiger partial charge in [0.25, 0.3) is 0 Å². The van der Waals surface area contributed by atoms with Crippen LogP contribution in [0.4, 0.5) is 0 Å². The Kier molecular flexibility index (Phi) is 11.0. The highest BCUT2D eigenvalue weighted by Crippen LogP contribution is 2.21. The first-order valence-electron chi connectivity index (χ1n) is 9.91. The number of nitrogens with one attached hydrogen (secondary N) is 1. The molecule has 1 heterocycles. The van der Waals surface area contributed by atoms with Gasteiger partial charge >= 0.3 is 5.97 Å². The minimum Gasteiger partial charge on any atom is -0.461 e. The first kappa shape index (κ1) is 21.1. The van der Waals surface area contributed by atoms with Gasteiger partial charge in [-0.2, -0.15) is 0 Å². The SMILES string of the molecule is CC(=O)CCCCCCCCCCC1CCC(OC(C)=O)C(C)N1. The van der Waals surface area contributed by atoms with Crippen molar-refractivity contribution in [3.8, 4) is 0 Å². The van der Waals surface area contributed by atoms with Gasteiger partial charge < -0.3 is 14.8 Å². The fourth-order valence-corrected chi connectivity index (χ4v) is 3.61. The van der Waals surface area contributed by atoms with Gasteiger partial charge in [-0.3, -0.25) is 4.79 Å². The molecule has 1 fully saturated rings. The number of Topliss-reactive ketones (excluding diaryl/α,β-unsaturated/α-hetero) is 1. The molecule has 0 radical (unpaired) electrons. The van der Waals surface area contributed by atoms with E-state index in [2.05, 4.69) is 12.2 Å². The summed E-state index contributed by atoms with van der Waals surface area (Å²) in [4.78, 5) is 21.9. The number of hydrogen-bond acceptors (Lipinski definition) is 4. The van der Waals surface area contributed by atoms with Crippen LogP contribution in [0.15, 0.2) is 0 Å². The van der Waals surface area contributed by atoms with Crippen LogP contribution in [0.2, 0.25) is 0 Å². The molecule has 140 valence electrons. The molecular formula is C20H37NO3. The van der Waals surface area contributed by atoms with Gasteiger partial charge in [0.2, 0.25) is 0 Å². The first-order chi connectivity index (χ1) is 11.5. The molecule has 0 aromatic rings. The van der Waals surface area contributed by atoms with E-state index in [1.807, 2.05) is 0 Å². The normalized spacial score (nSPS) is 23.9. The van der Waals surface area contributed by atoms with E-state index in [1.165, 1.54) is 58.3 Å². The zero-order valence-electron chi connectivity index (χ0n) is 15.9. The summed E-state index contributed by atoms with van der Waals surface area (Å²) in [5.74, 6) is 0.146. The minimum atomic E-state index is -0.173. The van der Waals surface area contributed by atoms with E-state index >= 15 is 0 Å². The van der Waals surface area contributed by atoms with E-state index in [-0.39, 0.29) is 18.1 Å². The number of carbonyl (C=O) groups is 2. The third-order valence-electron chi connectivity index (χ3n) is 5.00. The van der Waals surface area contributed by atoms with Crippen molar-refractivity contribution in [2.24, 2.45) is 0 Å². The van der Waals surface area contributed by atoms with Crippen molar-refractivity contribution < 1.29 is 14.3 Å². The summed E-state index contributed by atoms with van der Waals surface area (Å²) >= 11 is 0. The molecule has 1 N–H and O–H groups in total. The average Bonchev–Trinajstić information content (AvgIpc) is 2.51. The van der Waals surface area contributed by atoms with Crippen molar-refractivity contribution in [2.45, 2.75) is 116 Å². The molecule has 1 aliphatic heterocycles. The molecule has 0 amide bonds. The Morgan fingerprint density at radius 1 is 0.917 bits per heavy atom. The van der Waals surface area contributed by atoms with Gasteiger partial charge in [0.15, 0.2) is 0 Å². The van der Waals surface area contributed by atoms with Crippen LogP contribution in [-0.4, -0.2) is 29.9 Å². The zero-order chi connectivity index (χ0) is 17.8. The van der Waals surface area contributed by atoms with Crippen LogP contribution in [0.1, 0.15) is 97.8 Å². The Balaban J connectivity index is 1.93. The quantitative estimate of drug-likeness (QED) is 0.419. The molecule has 0 aliphatic carbocycles. The molecule has 3 atom stereocenters. The third kappa shape index (κ3) is 10.1. The summed E-state index contributed by atoms with van der Waals surface area (Å²) < 4.78 is 5.34. The third-order valence-corrected chi connectivity index (χ3v) is 5.00. The van der Waals surface area contributed by atoms with Crippen molar-refractivity contribution in [3.63, 3.8) is 0 Å². The maximum atomic E-state index is 11.1. The van der Waals surface area contributed by atoms with E-state index in [0.29, 0.717) is 11.8 Å². The smallest absolute Gasteiger partial charge is 0.302 e. The van der Waals surface area contributed by atoms with Crippen LogP contribution in [0.3, 0.4) is 0 Å². The molecule has 0 bridgehead atoms. The highest BCUT2D eigenvalue weighted by Gasteiger charge is 2.28. The maximum Gasteiger partial charge on any atom is 0.302 e. The molecule has 24 heavy (non-hydrogen) atoms. The molecule has 4 heteroatoms. The van der Waals surface area contributed by atoms with Crippen molar-refractivity contribution in [2.75, 3.05) is 0 Å². The second kappa shape index (κ2) is 12.5. The van der Waals surface area contributed by atoms with Crippen molar-refractivity contribution >= 4 is 11.8 Å². The van der Waals surface area contributed by atoms with Gasteiger partial charge in [0.1, 0.15) is 11.9 Å². The Bertz CT molecular complexity index is 370. The van der Waals surface area contributed by atoms with Crippen LogP contribution in [0.25, 0.3) is 0 Å². The second-order valence-electron chi connectivity index (χ2n) is 7.45. The number of rotatable bonds is 12. The number of carbonyl (C=O) groups excluding carboxylic acids is 2. The molecule has 0 spiro atoms. The number of esters is 1. The number of piperidine rings is 1. The largest absolute Gasteiger partial charge is 0.461 e. The topological polar surface area (TPSA) is 55.4 Å². The van der Waals surface area contributed by atoms with E-state index < -0.39 is 0 Å². The van der Waals surface area contributed by atoms with Crippen LogP contribution in [0.5, 0.6) is 0 Å². The van der Waals surface area contributed by atoms with Crippen LogP contribution >= 0.6 is 0 Å². The van der Waals surface area contributed by atoms with Gasteiger partial charge in [0, 0.05) is 25.4 Å². The molecule has 4 nitrogen and oxygen atoms in total. The minimum absolute atomic E-state index is 0.0433. The Labute approximate surface area is 148 Å². The standard InChI is InChI=1S/C20H37NO3/c1-16(22)12-10-8-6-4-5-7-9-11-13-19-14-15-20(17(2)21-19)24-18(3)23/h17,19-21H,4-15H2,1-3H3. The lowest BCUT2D eigenvalue weighted by Gasteiger charge is -2.35. The maximum absolute atomic E-state index is 11.1. The first-order valence-corrected chi connectivity index (χ1v) is 9.91. The van der Waals surface area contributed by atoms with Crippen molar-refractivity contribution in [1.29, 1.82) is 0 Å². The summed E-state index contributed by atoms with van der Waals surface area (Å²) in [6.07, 6.45) is 14.2. The molecule has 1 rings (SSSR count). The van der Waals surface area contributed by atoms with E-state index in [1.54, 1.807) is 6.92 Å². The number of ether oxygens (including phenoxy) is 1. The molecule has 3 unspecified atom stereocenters. The van der Waals surface area contributed by atoms with Crippen molar-refractivity contribution in [3.05, 3.63) is 0 Å². The van der Waals surface area contributed by atoms with Gasteiger partial charge in [-0.15, -0.1) is 0 Å². The zero-order valence-corrected chi connectivity index (χ0v) is 15.9. The van der Waals surface area contributed by atoms with Crippen LogP contribution < -0.4 is 5.32 Å². The van der Waals surface area contributed by atoms with Gasteiger partial charge in [0.05, 0.1) is 0 Å². The Morgan fingerprint density at radius 3 is 2.04 bits per heavy atom. The lowest BCUT2D eigenvalue weighted by atomic mass is 9.93. The average molecular weight is 340 g/mol. The van der Waals surface area contributed by atoms with Gasteiger partial charge in [-0.25, -0.2) is 0 Å². The second-order valence-corrected chi connectivity index (χ2v) is 7.45. The number of ketones is 1. The summed E-state index contributed by atoms with van der Waals surface area (Å²) in [7, 11) is 0. The van der Waals surface area contributed by atoms with Gasteiger partial charge in [-0.05, 0) is 39.5 Å². The van der Waals surface area contributed by atoms with E-state index in [4.69, 9.17) is 4.74 Å². The lowest BCUT2D eigenvalue weighted by Crippen LogP contribution is -2.50. The number of unbranched alkanes of at least 4 members (excludes halogenated alkanes) is 7. The highest BCUT2D eigenvalue weighted by molar-refractivity contribution is 5.75. The highest BCUT2D eigenvalue weighted by atomic mass is 16.5. The molecule has 1 saturated heterocycles. The predicted molar refractivity (Wildman–Crippen MR) is 98.0 cm³/mol. The molecule has 1 aliphatic rings.